The van der Waals surface area contributed by atoms with E-state index in [0.29, 0.717) is 0 Å². The molecule has 5 N–H and O–H groups in total. The second kappa shape index (κ2) is 3.35. The average molecular weight is 215 g/mol. The van der Waals surface area contributed by atoms with Crippen LogP contribution in [0.15, 0.2) is 22.6 Å². The summed E-state index contributed by atoms with van der Waals surface area (Å²) in [6, 6.07) is 0. The molecule has 76 valence electrons. The highest BCUT2D eigenvalue weighted by Gasteiger charge is 2.25. The van der Waals surface area contributed by atoms with Crippen molar-refractivity contribution in [3.05, 3.63) is 22.6 Å². The van der Waals surface area contributed by atoms with Gasteiger partial charge in [-0.3, -0.25) is 9.96 Å². The van der Waals surface area contributed by atoms with Gasteiger partial charge in [-0.15, -0.1) is 0 Å². The maximum Gasteiger partial charge on any atom is 0.297 e. The highest BCUT2D eigenvalue weighted by Crippen LogP contribution is 2.20. The molecule has 7 heteroatoms. The molecule has 0 radical (unpaired) electrons. The molecule has 0 heterocycles. The van der Waals surface area contributed by atoms with Crippen molar-refractivity contribution in [1.29, 1.82) is 10.8 Å². The van der Waals surface area contributed by atoms with Crippen LogP contribution in [0.25, 0.3) is 0 Å². The van der Waals surface area contributed by atoms with E-state index in [2.05, 4.69) is 0 Å². The van der Waals surface area contributed by atoms with Crippen molar-refractivity contribution in [2.75, 3.05) is 0 Å². The summed E-state index contributed by atoms with van der Waals surface area (Å²) in [4.78, 5) is -0.576. The number of nitrogens with two attached hydrogens (primary N) is 1. The summed E-state index contributed by atoms with van der Waals surface area (Å²) in [7, 11) is -4.49. The third kappa shape index (κ3) is 1.88. The third-order valence-electron chi connectivity index (χ3n) is 1.67. The molecular weight excluding hydrogens is 206 g/mol. The highest BCUT2D eigenvalue weighted by molar-refractivity contribution is 7.91. The molecular formula is C7H9N3O3S. The lowest BCUT2D eigenvalue weighted by molar-refractivity contribution is 0.492. The molecule has 0 aromatic heterocycles. The standard InChI is InChI=1S/C7H9N3O3S/c8-5-3-1-2-4(7(9)10)6(5)14(11,12)13/h1-2,8H,3H2,(H3,9,10)(H,11,12,13). The van der Waals surface area contributed by atoms with Crippen LogP contribution in [0.4, 0.5) is 0 Å². The van der Waals surface area contributed by atoms with Gasteiger partial charge < -0.3 is 11.1 Å². The molecule has 0 fully saturated rings. The van der Waals surface area contributed by atoms with Gasteiger partial charge >= 0.3 is 0 Å². The van der Waals surface area contributed by atoms with Crippen LogP contribution >= 0.6 is 0 Å². The molecule has 1 aliphatic carbocycles. The topological polar surface area (TPSA) is 128 Å². The molecule has 0 amide bonds. The Bertz CT molecular complexity index is 459. The first kappa shape index (κ1) is 10.6. The molecule has 0 saturated heterocycles. The fourth-order valence-corrected chi connectivity index (χ4v) is 1.98. The van der Waals surface area contributed by atoms with E-state index >= 15 is 0 Å². The monoisotopic (exact) mass is 215 g/mol. The lowest BCUT2D eigenvalue weighted by Gasteiger charge is -2.12. The van der Waals surface area contributed by atoms with Gasteiger partial charge in [0.1, 0.15) is 10.7 Å². The number of hydrogen-bond acceptors (Lipinski definition) is 4. The van der Waals surface area contributed by atoms with Crippen molar-refractivity contribution >= 4 is 21.7 Å². The maximum atomic E-state index is 10.9. The molecule has 0 unspecified atom stereocenters. The molecule has 0 bridgehead atoms. The Labute approximate surface area is 80.9 Å². The summed E-state index contributed by atoms with van der Waals surface area (Å²) in [6.07, 6.45) is 2.92. The van der Waals surface area contributed by atoms with E-state index in [4.69, 9.17) is 21.1 Å². The molecule has 0 aromatic carbocycles. The molecule has 14 heavy (non-hydrogen) atoms. The second-order valence-corrected chi connectivity index (χ2v) is 4.07. The van der Waals surface area contributed by atoms with Crippen molar-refractivity contribution in [3.8, 4) is 0 Å². The van der Waals surface area contributed by atoms with Crippen LogP contribution in [0, 0.1) is 10.8 Å². The van der Waals surface area contributed by atoms with E-state index in [1.165, 1.54) is 12.2 Å². The summed E-state index contributed by atoms with van der Waals surface area (Å²) in [5.41, 5.74) is 4.72. The van der Waals surface area contributed by atoms with Crippen LogP contribution in [0.5, 0.6) is 0 Å². The van der Waals surface area contributed by atoms with Crippen molar-refractivity contribution in [2.45, 2.75) is 6.42 Å². The lowest BCUT2D eigenvalue weighted by atomic mass is 10.0. The fourth-order valence-electron chi connectivity index (χ4n) is 1.13. The Morgan fingerprint density at radius 3 is 2.50 bits per heavy atom. The number of rotatable bonds is 2. The van der Waals surface area contributed by atoms with E-state index in [1.54, 1.807) is 0 Å². The van der Waals surface area contributed by atoms with Crippen molar-refractivity contribution < 1.29 is 13.0 Å². The van der Waals surface area contributed by atoms with Gasteiger partial charge in [0.15, 0.2) is 0 Å². The lowest BCUT2D eigenvalue weighted by Crippen LogP contribution is -2.23. The SMILES string of the molecule is N=C(N)C1=C(S(=O)(=O)O)C(=N)CC=C1. The second-order valence-electron chi connectivity index (χ2n) is 2.72. The first-order valence-electron chi connectivity index (χ1n) is 3.64. The van der Waals surface area contributed by atoms with Gasteiger partial charge in [0.05, 0.1) is 5.71 Å². The van der Waals surface area contributed by atoms with Crippen LogP contribution in [0.1, 0.15) is 6.42 Å². The van der Waals surface area contributed by atoms with E-state index in [1.807, 2.05) is 0 Å². The smallest absolute Gasteiger partial charge is 0.297 e. The zero-order chi connectivity index (χ0) is 10.9. The van der Waals surface area contributed by atoms with Gasteiger partial charge in [0.2, 0.25) is 0 Å². The minimum Gasteiger partial charge on any atom is -0.384 e. The zero-order valence-corrected chi connectivity index (χ0v) is 7.93. The Morgan fingerprint density at radius 2 is 2.14 bits per heavy atom. The highest BCUT2D eigenvalue weighted by atomic mass is 32.2. The van der Waals surface area contributed by atoms with Crippen molar-refractivity contribution in [3.63, 3.8) is 0 Å². The Hall–Kier alpha value is -1.47. The molecule has 1 aliphatic rings. The zero-order valence-electron chi connectivity index (χ0n) is 7.11. The third-order valence-corrected chi connectivity index (χ3v) is 2.66. The van der Waals surface area contributed by atoms with E-state index in [0.717, 1.165) is 0 Å². The van der Waals surface area contributed by atoms with Crippen LogP contribution in [0.3, 0.4) is 0 Å². The number of amidine groups is 1. The summed E-state index contributed by atoms with van der Waals surface area (Å²) in [5.74, 6) is -0.488. The minimum atomic E-state index is -4.49. The molecule has 0 atom stereocenters. The van der Waals surface area contributed by atoms with Crippen molar-refractivity contribution in [2.24, 2.45) is 5.73 Å². The first-order valence-corrected chi connectivity index (χ1v) is 5.08. The predicted octanol–water partition coefficient (Wildman–Crippen LogP) is 0.0439. The summed E-state index contributed by atoms with van der Waals surface area (Å²) >= 11 is 0. The summed E-state index contributed by atoms with van der Waals surface area (Å²) < 4.78 is 30.6. The number of nitrogens with one attached hydrogen (secondary N) is 2. The quantitative estimate of drug-likeness (QED) is 0.294. The molecule has 6 nitrogen and oxygen atoms in total. The molecule has 1 rings (SSSR count). The van der Waals surface area contributed by atoms with Gasteiger partial charge in [0, 0.05) is 12.0 Å². The molecule has 0 saturated carbocycles. The Morgan fingerprint density at radius 1 is 1.57 bits per heavy atom. The fraction of sp³-hybridized carbons (Fsp3) is 0.143. The minimum absolute atomic E-state index is 0.103. The van der Waals surface area contributed by atoms with Crippen LogP contribution in [0.2, 0.25) is 0 Å². The molecule has 0 aliphatic heterocycles. The van der Waals surface area contributed by atoms with E-state index in [-0.39, 0.29) is 17.7 Å². The first-order chi connectivity index (χ1) is 6.34. The number of allylic oxidation sites excluding steroid dienone is 2. The normalized spacial score (nSPS) is 17.4. The van der Waals surface area contributed by atoms with Gasteiger partial charge in [-0.2, -0.15) is 8.42 Å². The average Bonchev–Trinajstić information content (AvgIpc) is 2.01. The summed E-state index contributed by atoms with van der Waals surface area (Å²) in [5, 5.41) is 14.4. The maximum absolute atomic E-state index is 10.9. The predicted molar refractivity (Wildman–Crippen MR) is 52.0 cm³/mol. The van der Waals surface area contributed by atoms with Gasteiger partial charge in [-0.05, 0) is 0 Å². The van der Waals surface area contributed by atoms with Crippen LogP contribution in [-0.4, -0.2) is 24.5 Å². The molecule has 0 spiro atoms. The van der Waals surface area contributed by atoms with Gasteiger partial charge in [0.25, 0.3) is 10.1 Å². The van der Waals surface area contributed by atoms with Gasteiger partial charge in [-0.1, -0.05) is 12.2 Å². The Balaban J connectivity index is 3.48. The summed E-state index contributed by atoms with van der Waals surface area (Å²) in [6.45, 7) is 0. The van der Waals surface area contributed by atoms with E-state index in [9.17, 15) is 8.42 Å². The van der Waals surface area contributed by atoms with Crippen LogP contribution < -0.4 is 5.73 Å². The van der Waals surface area contributed by atoms with E-state index < -0.39 is 20.9 Å². The Kier molecular flexibility index (Phi) is 2.54. The number of hydrogen-bond donors (Lipinski definition) is 4. The largest absolute Gasteiger partial charge is 0.384 e. The van der Waals surface area contributed by atoms with Crippen molar-refractivity contribution in [1.82, 2.24) is 0 Å². The van der Waals surface area contributed by atoms with Gasteiger partial charge in [-0.25, -0.2) is 0 Å². The van der Waals surface area contributed by atoms with Crippen LogP contribution in [-0.2, 0) is 10.1 Å². The molecule has 0 aromatic rings.